The van der Waals surface area contributed by atoms with E-state index in [4.69, 9.17) is 0 Å². The Labute approximate surface area is 127 Å². The van der Waals surface area contributed by atoms with Crippen molar-refractivity contribution in [3.05, 3.63) is 66.0 Å². The first-order valence-electron chi connectivity index (χ1n) is 6.68. The van der Waals surface area contributed by atoms with Gasteiger partial charge in [-0.15, -0.1) is 11.8 Å². The molecule has 2 rings (SSSR count). The van der Waals surface area contributed by atoms with Crippen LogP contribution in [0.4, 0.5) is 9.18 Å². The highest BCUT2D eigenvalue weighted by Gasteiger charge is 2.00. The monoisotopic (exact) mass is 304 g/mol. The van der Waals surface area contributed by atoms with E-state index in [1.54, 1.807) is 23.9 Å². The predicted octanol–water partition coefficient (Wildman–Crippen LogP) is 3.42. The van der Waals surface area contributed by atoms with Gasteiger partial charge < -0.3 is 10.6 Å². The normalized spacial score (nSPS) is 10.1. The number of halogens is 1. The maximum Gasteiger partial charge on any atom is 0.315 e. The van der Waals surface area contributed by atoms with Crippen LogP contribution in [0.25, 0.3) is 0 Å². The van der Waals surface area contributed by atoms with Gasteiger partial charge >= 0.3 is 6.03 Å². The largest absolute Gasteiger partial charge is 0.337 e. The number of amides is 2. The fraction of sp³-hybridized carbons (Fsp3) is 0.188. The van der Waals surface area contributed by atoms with Crippen LogP contribution in [0, 0.1) is 5.82 Å². The van der Waals surface area contributed by atoms with Gasteiger partial charge in [0.2, 0.25) is 0 Å². The van der Waals surface area contributed by atoms with Gasteiger partial charge in [-0.1, -0.05) is 30.3 Å². The zero-order chi connectivity index (χ0) is 14.9. The minimum Gasteiger partial charge on any atom is -0.337 e. The van der Waals surface area contributed by atoms with Gasteiger partial charge in [0.25, 0.3) is 0 Å². The van der Waals surface area contributed by atoms with Crippen molar-refractivity contribution >= 4 is 17.8 Å². The lowest BCUT2D eigenvalue weighted by molar-refractivity contribution is 0.241. The first-order valence-corrected chi connectivity index (χ1v) is 7.66. The lowest BCUT2D eigenvalue weighted by Crippen LogP contribution is -2.36. The summed E-state index contributed by atoms with van der Waals surface area (Å²) in [5.41, 5.74) is 0.866. The molecule has 0 fully saturated rings. The topological polar surface area (TPSA) is 41.1 Å². The zero-order valence-electron chi connectivity index (χ0n) is 11.5. The summed E-state index contributed by atoms with van der Waals surface area (Å²) in [5.74, 6) is 0.537. The van der Waals surface area contributed by atoms with Crippen LogP contribution in [0.1, 0.15) is 5.56 Å². The van der Waals surface area contributed by atoms with Crippen molar-refractivity contribution < 1.29 is 9.18 Å². The molecule has 2 amide bonds. The maximum atomic E-state index is 12.7. The minimum absolute atomic E-state index is 0.215. The molecule has 0 spiro atoms. The van der Waals surface area contributed by atoms with Gasteiger partial charge in [-0.2, -0.15) is 0 Å². The molecule has 0 aliphatic heterocycles. The van der Waals surface area contributed by atoms with E-state index in [0.29, 0.717) is 13.1 Å². The number of benzene rings is 2. The molecule has 2 aromatic carbocycles. The highest BCUT2D eigenvalue weighted by molar-refractivity contribution is 7.99. The Morgan fingerprint density at radius 1 is 1.00 bits per heavy atom. The van der Waals surface area contributed by atoms with Crippen molar-refractivity contribution in [3.8, 4) is 0 Å². The number of hydrogen-bond donors (Lipinski definition) is 2. The molecule has 2 N–H and O–H groups in total. The van der Waals surface area contributed by atoms with Gasteiger partial charge in [-0.05, 0) is 29.8 Å². The second-order valence-corrected chi connectivity index (χ2v) is 5.57. The van der Waals surface area contributed by atoms with Gasteiger partial charge in [0.15, 0.2) is 0 Å². The molecule has 5 heteroatoms. The van der Waals surface area contributed by atoms with E-state index in [2.05, 4.69) is 10.6 Å². The molecule has 0 unspecified atom stereocenters. The van der Waals surface area contributed by atoms with Crippen LogP contribution in [-0.4, -0.2) is 18.3 Å². The third-order valence-electron chi connectivity index (χ3n) is 2.77. The second-order valence-electron chi connectivity index (χ2n) is 4.40. The number of nitrogens with one attached hydrogen (secondary N) is 2. The van der Waals surface area contributed by atoms with Gasteiger partial charge in [-0.25, -0.2) is 9.18 Å². The molecular weight excluding hydrogens is 287 g/mol. The molecule has 0 bridgehead atoms. The van der Waals surface area contributed by atoms with Crippen LogP contribution in [-0.2, 0) is 6.54 Å². The first-order chi connectivity index (χ1) is 10.2. The average Bonchev–Trinajstić information content (AvgIpc) is 2.52. The summed E-state index contributed by atoms with van der Waals surface area (Å²) in [5, 5.41) is 5.52. The SMILES string of the molecule is O=C(NCCSc1ccccc1)NCc1ccc(F)cc1. The van der Waals surface area contributed by atoms with Crippen molar-refractivity contribution in [2.24, 2.45) is 0 Å². The third-order valence-corrected chi connectivity index (χ3v) is 3.78. The van der Waals surface area contributed by atoms with E-state index in [9.17, 15) is 9.18 Å². The Balaban J connectivity index is 1.60. The summed E-state index contributed by atoms with van der Waals surface area (Å²) >= 11 is 1.69. The second kappa shape index (κ2) is 8.32. The highest BCUT2D eigenvalue weighted by Crippen LogP contribution is 2.15. The molecule has 110 valence electrons. The van der Waals surface area contributed by atoms with Crippen LogP contribution in [0.15, 0.2) is 59.5 Å². The molecule has 0 aromatic heterocycles. The summed E-state index contributed by atoms with van der Waals surface area (Å²) in [6.45, 7) is 0.979. The lowest BCUT2D eigenvalue weighted by Gasteiger charge is -2.07. The Hall–Kier alpha value is -2.01. The van der Waals surface area contributed by atoms with E-state index in [1.165, 1.54) is 17.0 Å². The van der Waals surface area contributed by atoms with E-state index in [0.717, 1.165) is 11.3 Å². The molecule has 0 saturated heterocycles. The van der Waals surface area contributed by atoms with Crippen LogP contribution in [0.2, 0.25) is 0 Å². The van der Waals surface area contributed by atoms with Crippen LogP contribution in [0.5, 0.6) is 0 Å². The highest BCUT2D eigenvalue weighted by atomic mass is 32.2. The summed E-state index contributed by atoms with van der Waals surface area (Å²) < 4.78 is 12.7. The van der Waals surface area contributed by atoms with Crippen molar-refractivity contribution in [2.45, 2.75) is 11.4 Å². The fourth-order valence-electron chi connectivity index (χ4n) is 1.70. The fourth-order valence-corrected chi connectivity index (χ4v) is 2.49. The summed E-state index contributed by atoms with van der Waals surface area (Å²) in [6, 6.07) is 15.9. The van der Waals surface area contributed by atoms with Crippen molar-refractivity contribution in [1.29, 1.82) is 0 Å². The van der Waals surface area contributed by atoms with Crippen LogP contribution in [0.3, 0.4) is 0 Å². The number of carbonyl (C=O) groups is 1. The summed E-state index contributed by atoms with van der Waals surface area (Å²) in [7, 11) is 0. The molecule has 0 saturated carbocycles. The minimum atomic E-state index is -0.277. The van der Waals surface area contributed by atoms with Crippen LogP contribution >= 0.6 is 11.8 Å². The molecule has 0 radical (unpaired) electrons. The molecule has 2 aromatic rings. The van der Waals surface area contributed by atoms with Crippen molar-refractivity contribution in [1.82, 2.24) is 10.6 Å². The Kier molecular flexibility index (Phi) is 6.09. The predicted molar refractivity (Wildman–Crippen MR) is 83.8 cm³/mol. The molecule has 0 aliphatic rings. The van der Waals surface area contributed by atoms with Crippen molar-refractivity contribution in [2.75, 3.05) is 12.3 Å². The number of carbonyl (C=O) groups excluding carboxylic acids is 1. The Morgan fingerprint density at radius 2 is 1.71 bits per heavy atom. The lowest BCUT2D eigenvalue weighted by atomic mass is 10.2. The Bertz CT molecular complexity index is 560. The molecule has 3 nitrogen and oxygen atoms in total. The molecule has 0 aliphatic carbocycles. The van der Waals surface area contributed by atoms with Crippen molar-refractivity contribution in [3.63, 3.8) is 0 Å². The zero-order valence-corrected chi connectivity index (χ0v) is 12.3. The van der Waals surface area contributed by atoms with Gasteiger partial charge in [-0.3, -0.25) is 0 Å². The number of hydrogen-bond acceptors (Lipinski definition) is 2. The smallest absolute Gasteiger partial charge is 0.315 e. The molecule has 21 heavy (non-hydrogen) atoms. The van der Waals surface area contributed by atoms with E-state index in [-0.39, 0.29) is 11.8 Å². The van der Waals surface area contributed by atoms with E-state index in [1.807, 2.05) is 30.3 Å². The number of thioether (sulfide) groups is 1. The average molecular weight is 304 g/mol. The maximum absolute atomic E-state index is 12.7. The van der Waals surface area contributed by atoms with Gasteiger partial charge in [0.05, 0.1) is 0 Å². The molecule has 0 heterocycles. The standard InChI is InChI=1S/C16H17FN2OS/c17-14-8-6-13(7-9-14)12-19-16(20)18-10-11-21-15-4-2-1-3-5-15/h1-9H,10-12H2,(H2,18,19,20). The van der Waals surface area contributed by atoms with Gasteiger partial charge in [0, 0.05) is 23.7 Å². The molecule has 0 atom stereocenters. The number of urea groups is 1. The molecular formula is C16H17FN2OS. The van der Waals surface area contributed by atoms with E-state index >= 15 is 0 Å². The quantitative estimate of drug-likeness (QED) is 0.634. The van der Waals surface area contributed by atoms with Crippen LogP contribution < -0.4 is 10.6 Å². The number of rotatable bonds is 6. The van der Waals surface area contributed by atoms with E-state index < -0.39 is 0 Å². The third kappa shape index (κ3) is 5.87. The first kappa shape index (κ1) is 15.4. The Morgan fingerprint density at radius 3 is 2.43 bits per heavy atom. The van der Waals surface area contributed by atoms with Gasteiger partial charge in [0.1, 0.15) is 5.82 Å². The summed E-state index contributed by atoms with van der Waals surface area (Å²) in [6.07, 6.45) is 0. The summed E-state index contributed by atoms with van der Waals surface area (Å²) in [4.78, 5) is 12.8.